The molecule has 0 unspecified atom stereocenters. The van der Waals surface area contributed by atoms with Crippen LogP contribution in [0, 0.1) is 0 Å². The zero-order valence-corrected chi connectivity index (χ0v) is 18.7. The molecular formula is C26H23N3O3S. The third-order valence-corrected chi connectivity index (χ3v) is 6.87. The van der Waals surface area contributed by atoms with Gasteiger partial charge in [0.1, 0.15) is 0 Å². The molecule has 0 aliphatic heterocycles. The second-order valence-electron chi connectivity index (χ2n) is 7.37. The lowest BCUT2D eigenvalue weighted by atomic mass is 10.1. The Morgan fingerprint density at radius 3 is 2.12 bits per heavy atom. The summed E-state index contributed by atoms with van der Waals surface area (Å²) in [5, 5.41) is 2.87. The van der Waals surface area contributed by atoms with E-state index in [9.17, 15) is 13.2 Å². The first-order chi connectivity index (χ1) is 16.1. The molecule has 0 spiro atoms. The highest BCUT2D eigenvalue weighted by molar-refractivity contribution is 7.92. The summed E-state index contributed by atoms with van der Waals surface area (Å²) in [6.07, 6.45) is 3.34. The highest BCUT2D eigenvalue weighted by Gasteiger charge is 2.28. The standard InChI is InChI=1S/C26H23N3O3S/c30-26(28-19-22-12-9-17-27-18-22)24-15-7-8-16-25(24)29(20-21-10-3-1-4-11-21)33(31,32)23-13-5-2-6-14-23/h1-18H,19-20H2,(H,28,30). The van der Waals surface area contributed by atoms with Gasteiger partial charge >= 0.3 is 0 Å². The summed E-state index contributed by atoms with van der Waals surface area (Å²) >= 11 is 0. The van der Waals surface area contributed by atoms with Crippen LogP contribution in [0.3, 0.4) is 0 Å². The molecule has 1 N–H and O–H groups in total. The quantitative estimate of drug-likeness (QED) is 0.425. The van der Waals surface area contributed by atoms with Crippen LogP contribution in [-0.4, -0.2) is 19.3 Å². The highest BCUT2D eigenvalue weighted by atomic mass is 32.2. The van der Waals surface area contributed by atoms with E-state index in [1.807, 2.05) is 36.4 Å². The molecule has 0 aliphatic rings. The topological polar surface area (TPSA) is 79.4 Å². The lowest BCUT2D eigenvalue weighted by Gasteiger charge is -2.26. The molecule has 0 fully saturated rings. The highest BCUT2D eigenvalue weighted by Crippen LogP contribution is 2.29. The summed E-state index contributed by atoms with van der Waals surface area (Å²) in [6, 6.07) is 27.9. The normalized spacial score (nSPS) is 11.0. The zero-order chi connectivity index (χ0) is 23.1. The van der Waals surface area contributed by atoms with Crippen LogP contribution in [0.4, 0.5) is 5.69 Å². The van der Waals surface area contributed by atoms with Crippen LogP contribution in [0.15, 0.2) is 114 Å². The SMILES string of the molecule is O=C(NCc1cccnc1)c1ccccc1N(Cc1ccccc1)S(=O)(=O)c1ccccc1. The molecule has 0 radical (unpaired) electrons. The molecule has 0 saturated carbocycles. The fourth-order valence-electron chi connectivity index (χ4n) is 3.43. The third-order valence-electron chi connectivity index (χ3n) is 5.09. The minimum absolute atomic E-state index is 0.0883. The van der Waals surface area contributed by atoms with E-state index < -0.39 is 10.0 Å². The van der Waals surface area contributed by atoms with Crippen molar-refractivity contribution in [1.82, 2.24) is 10.3 Å². The van der Waals surface area contributed by atoms with Crippen molar-refractivity contribution in [2.75, 3.05) is 4.31 Å². The van der Waals surface area contributed by atoms with Crippen LogP contribution < -0.4 is 9.62 Å². The van der Waals surface area contributed by atoms with E-state index in [1.54, 1.807) is 73.1 Å². The van der Waals surface area contributed by atoms with Gasteiger partial charge in [-0.3, -0.25) is 14.1 Å². The van der Waals surface area contributed by atoms with E-state index >= 15 is 0 Å². The molecule has 0 saturated heterocycles. The van der Waals surface area contributed by atoms with Gasteiger partial charge in [0.2, 0.25) is 0 Å². The van der Waals surface area contributed by atoms with Gasteiger partial charge in [0.25, 0.3) is 15.9 Å². The number of hydrogen-bond donors (Lipinski definition) is 1. The number of para-hydroxylation sites is 1. The van der Waals surface area contributed by atoms with Crippen molar-refractivity contribution in [1.29, 1.82) is 0 Å². The zero-order valence-electron chi connectivity index (χ0n) is 17.8. The van der Waals surface area contributed by atoms with E-state index in [0.717, 1.165) is 11.1 Å². The number of pyridine rings is 1. The van der Waals surface area contributed by atoms with Crippen LogP contribution in [0.5, 0.6) is 0 Å². The summed E-state index contributed by atoms with van der Waals surface area (Å²) < 4.78 is 28.6. The van der Waals surface area contributed by atoms with Crippen LogP contribution in [0.2, 0.25) is 0 Å². The summed E-state index contributed by atoms with van der Waals surface area (Å²) in [5.74, 6) is -0.365. The number of rotatable bonds is 8. The maximum Gasteiger partial charge on any atom is 0.264 e. The van der Waals surface area contributed by atoms with E-state index in [0.29, 0.717) is 5.69 Å². The smallest absolute Gasteiger partial charge is 0.264 e. The fourth-order valence-corrected chi connectivity index (χ4v) is 4.92. The number of sulfonamides is 1. The molecule has 4 rings (SSSR count). The van der Waals surface area contributed by atoms with Crippen molar-refractivity contribution < 1.29 is 13.2 Å². The van der Waals surface area contributed by atoms with Crippen molar-refractivity contribution >= 4 is 21.6 Å². The van der Waals surface area contributed by atoms with E-state index in [2.05, 4.69) is 10.3 Å². The van der Waals surface area contributed by atoms with Crippen LogP contribution in [0.1, 0.15) is 21.5 Å². The molecular weight excluding hydrogens is 434 g/mol. The Hall–Kier alpha value is -3.97. The second kappa shape index (κ2) is 10.1. The Kier molecular flexibility index (Phi) is 6.80. The molecule has 33 heavy (non-hydrogen) atoms. The van der Waals surface area contributed by atoms with Crippen molar-refractivity contribution in [3.8, 4) is 0 Å². The molecule has 3 aromatic carbocycles. The summed E-state index contributed by atoms with van der Waals surface area (Å²) in [6.45, 7) is 0.371. The number of nitrogens with one attached hydrogen (secondary N) is 1. The molecule has 6 nitrogen and oxygen atoms in total. The van der Waals surface area contributed by atoms with Crippen LogP contribution >= 0.6 is 0 Å². The van der Waals surface area contributed by atoms with Gasteiger partial charge in [0, 0.05) is 18.9 Å². The van der Waals surface area contributed by atoms with Gasteiger partial charge in [-0.15, -0.1) is 0 Å². The molecule has 0 bridgehead atoms. The lowest BCUT2D eigenvalue weighted by molar-refractivity contribution is 0.0951. The maximum atomic E-state index is 13.7. The molecule has 1 aromatic heterocycles. The molecule has 166 valence electrons. The average molecular weight is 458 g/mol. The number of benzene rings is 3. The molecule has 4 aromatic rings. The number of carbonyl (C=O) groups excluding carboxylic acids is 1. The van der Waals surface area contributed by atoms with Crippen molar-refractivity contribution in [2.45, 2.75) is 18.0 Å². The number of nitrogens with zero attached hydrogens (tertiary/aromatic N) is 2. The fraction of sp³-hybridized carbons (Fsp3) is 0.0769. The van der Waals surface area contributed by atoms with E-state index in [1.165, 1.54) is 4.31 Å². The number of aromatic nitrogens is 1. The second-order valence-corrected chi connectivity index (χ2v) is 9.23. The number of carbonyl (C=O) groups is 1. The van der Waals surface area contributed by atoms with Gasteiger partial charge in [-0.05, 0) is 41.5 Å². The predicted octanol–water partition coefficient (Wildman–Crippen LogP) is 4.41. The molecule has 0 aliphatic carbocycles. The van der Waals surface area contributed by atoms with Gasteiger partial charge in [0.05, 0.1) is 22.7 Å². The predicted molar refractivity (Wildman–Crippen MR) is 128 cm³/mol. The lowest BCUT2D eigenvalue weighted by Crippen LogP contribution is -2.33. The van der Waals surface area contributed by atoms with E-state index in [4.69, 9.17) is 0 Å². The van der Waals surface area contributed by atoms with Crippen LogP contribution in [-0.2, 0) is 23.1 Å². The number of anilines is 1. The minimum atomic E-state index is -3.93. The average Bonchev–Trinajstić information content (AvgIpc) is 2.87. The number of hydrogen-bond acceptors (Lipinski definition) is 4. The van der Waals surface area contributed by atoms with Gasteiger partial charge in [0.15, 0.2) is 0 Å². The van der Waals surface area contributed by atoms with Gasteiger partial charge in [-0.2, -0.15) is 0 Å². The van der Waals surface area contributed by atoms with Gasteiger partial charge in [-0.25, -0.2) is 8.42 Å². The first kappa shape index (κ1) is 22.2. The van der Waals surface area contributed by atoms with Gasteiger partial charge < -0.3 is 5.32 Å². The largest absolute Gasteiger partial charge is 0.348 e. The maximum absolute atomic E-state index is 13.7. The Morgan fingerprint density at radius 1 is 0.788 bits per heavy atom. The van der Waals surface area contributed by atoms with Crippen LogP contribution in [0.25, 0.3) is 0 Å². The summed E-state index contributed by atoms with van der Waals surface area (Å²) in [7, 11) is -3.93. The monoisotopic (exact) mass is 457 g/mol. The number of amides is 1. The Bertz CT molecular complexity index is 1310. The first-order valence-corrected chi connectivity index (χ1v) is 11.9. The third kappa shape index (κ3) is 5.27. The summed E-state index contributed by atoms with van der Waals surface area (Å²) in [4.78, 5) is 17.3. The molecule has 1 heterocycles. The Labute approximate surface area is 193 Å². The Balaban J connectivity index is 1.72. The van der Waals surface area contributed by atoms with Crippen molar-refractivity contribution in [3.05, 3.63) is 126 Å². The van der Waals surface area contributed by atoms with Crippen molar-refractivity contribution in [3.63, 3.8) is 0 Å². The van der Waals surface area contributed by atoms with Crippen molar-refractivity contribution in [2.24, 2.45) is 0 Å². The molecule has 7 heteroatoms. The molecule has 0 atom stereocenters. The van der Waals surface area contributed by atoms with Gasteiger partial charge in [-0.1, -0.05) is 66.7 Å². The first-order valence-electron chi connectivity index (χ1n) is 10.4. The van der Waals surface area contributed by atoms with E-state index in [-0.39, 0.29) is 29.5 Å². The minimum Gasteiger partial charge on any atom is -0.348 e. The molecule has 1 amide bonds. The summed E-state index contributed by atoms with van der Waals surface area (Å²) in [5.41, 5.74) is 2.25. The Morgan fingerprint density at radius 2 is 1.42 bits per heavy atom.